The number of carbonyl (C=O) groups is 1. The molecule has 3 heterocycles. The number of esters is 1. The van der Waals surface area contributed by atoms with Crippen molar-refractivity contribution < 1.29 is 33.6 Å². The molecule has 206 valence electrons. The lowest BCUT2D eigenvalue weighted by molar-refractivity contribution is -0.271. The molecule has 2 spiro atoms. The van der Waals surface area contributed by atoms with Crippen LogP contribution in [0.2, 0.25) is 0 Å². The van der Waals surface area contributed by atoms with E-state index in [9.17, 15) is 9.90 Å². The molecule has 2 saturated heterocycles. The van der Waals surface area contributed by atoms with E-state index in [2.05, 4.69) is 13.8 Å². The van der Waals surface area contributed by atoms with Gasteiger partial charge < -0.3 is 28.8 Å². The summed E-state index contributed by atoms with van der Waals surface area (Å²) < 4.78 is 30.4. The van der Waals surface area contributed by atoms with Crippen LogP contribution in [0.1, 0.15) is 85.0 Å². The quantitative estimate of drug-likeness (QED) is 0.339. The molecule has 2 unspecified atom stereocenters. The number of rotatable bonds is 4. The molecule has 0 radical (unpaired) electrons. The van der Waals surface area contributed by atoms with Crippen LogP contribution in [0.25, 0.3) is 0 Å². The third-order valence-electron chi connectivity index (χ3n) is 12.6. The number of fused-ring (bicyclic) bond motifs is 2. The molecule has 7 rings (SSSR count). The predicted molar refractivity (Wildman–Crippen MR) is 134 cm³/mol. The van der Waals surface area contributed by atoms with Crippen LogP contribution < -0.4 is 0 Å². The molecular formula is C30H44O7. The maximum Gasteiger partial charge on any atom is 0.331 e. The van der Waals surface area contributed by atoms with Crippen LogP contribution in [0, 0.1) is 28.6 Å². The molecule has 0 aromatic rings. The van der Waals surface area contributed by atoms with Gasteiger partial charge in [0.25, 0.3) is 0 Å². The molecule has 3 aliphatic heterocycles. The van der Waals surface area contributed by atoms with Gasteiger partial charge in [-0.15, -0.1) is 0 Å². The highest BCUT2D eigenvalue weighted by Crippen LogP contribution is 2.81. The van der Waals surface area contributed by atoms with Gasteiger partial charge in [-0.1, -0.05) is 13.8 Å². The highest BCUT2D eigenvalue weighted by molar-refractivity contribution is 5.85. The van der Waals surface area contributed by atoms with Crippen molar-refractivity contribution in [1.29, 1.82) is 0 Å². The average molecular weight is 517 g/mol. The molecule has 0 aromatic carbocycles. The number of hydrogen-bond donors (Lipinski definition) is 1. The van der Waals surface area contributed by atoms with Crippen LogP contribution >= 0.6 is 0 Å². The van der Waals surface area contributed by atoms with Gasteiger partial charge in [0.2, 0.25) is 0 Å². The molecule has 6 fully saturated rings. The Labute approximate surface area is 220 Å². The van der Waals surface area contributed by atoms with Gasteiger partial charge >= 0.3 is 5.97 Å². The Bertz CT molecular complexity index is 996. The third-order valence-corrected chi connectivity index (χ3v) is 12.6. The molecule has 0 aromatic heterocycles. The van der Waals surface area contributed by atoms with E-state index in [1.54, 1.807) is 13.2 Å². The van der Waals surface area contributed by atoms with Crippen LogP contribution in [0.4, 0.5) is 0 Å². The fourth-order valence-electron chi connectivity index (χ4n) is 10.6. The van der Waals surface area contributed by atoms with Gasteiger partial charge in [0, 0.05) is 25.0 Å². The Balaban J connectivity index is 1.06. The lowest BCUT2D eigenvalue weighted by Crippen LogP contribution is -2.59. The molecule has 0 bridgehead atoms. The smallest absolute Gasteiger partial charge is 0.331 e. The second-order valence-electron chi connectivity index (χ2n) is 13.8. The minimum atomic E-state index is -0.606. The minimum Gasteiger partial charge on any atom is -0.458 e. The minimum absolute atomic E-state index is 0.0153. The molecule has 0 amide bonds. The van der Waals surface area contributed by atoms with Crippen molar-refractivity contribution in [2.45, 2.75) is 127 Å². The Morgan fingerprint density at radius 2 is 1.89 bits per heavy atom. The fraction of sp³-hybridized carbons (Fsp3) is 0.900. The van der Waals surface area contributed by atoms with Gasteiger partial charge in [0.05, 0.1) is 18.3 Å². The summed E-state index contributed by atoms with van der Waals surface area (Å²) in [6.45, 7) is 7.37. The van der Waals surface area contributed by atoms with E-state index in [1.807, 2.05) is 6.92 Å². The van der Waals surface area contributed by atoms with E-state index < -0.39 is 6.10 Å². The zero-order valence-corrected chi connectivity index (χ0v) is 22.9. The van der Waals surface area contributed by atoms with E-state index in [-0.39, 0.29) is 52.6 Å². The zero-order valence-electron chi connectivity index (χ0n) is 22.9. The first-order valence-corrected chi connectivity index (χ1v) is 14.7. The van der Waals surface area contributed by atoms with Gasteiger partial charge in [0.1, 0.15) is 23.9 Å². The normalized spacial score (nSPS) is 56.5. The van der Waals surface area contributed by atoms with E-state index in [0.29, 0.717) is 30.8 Å². The largest absolute Gasteiger partial charge is 0.458 e. The second-order valence-corrected chi connectivity index (χ2v) is 13.8. The molecule has 37 heavy (non-hydrogen) atoms. The number of ether oxygens (including phenoxy) is 5. The van der Waals surface area contributed by atoms with Gasteiger partial charge in [0.15, 0.2) is 6.29 Å². The van der Waals surface area contributed by atoms with Gasteiger partial charge in [-0.05, 0) is 93.5 Å². The second kappa shape index (κ2) is 8.26. The summed E-state index contributed by atoms with van der Waals surface area (Å²) in [4.78, 5) is 11.8. The average Bonchev–Trinajstić information content (AvgIpc) is 3.18. The molecule has 4 aliphatic carbocycles. The standard InChI is InChI=1S/C30H44O7/c1-17-26(32)22(33-4)15-25(35-17)36-20-6-9-27(2)19(14-20)5-11-29-23(27)8-10-28(3)21(7-12-30(28,29)37-29)18-13-24(31)34-16-18/h13,17,19-23,25-26,32H,5-12,14-16H2,1-4H3/t17-,19-,20+,21-,22-,23-,25-,26+,27+,28-,29?,30?/m1/s1. The van der Waals surface area contributed by atoms with Crippen molar-refractivity contribution in [3.63, 3.8) is 0 Å². The first kappa shape index (κ1) is 25.0. The first-order chi connectivity index (χ1) is 17.7. The molecule has 4 saturated carbocycles. The lowest BCUT2D eigenvalue weighted by atomic mass is 9.44. The third kappa shape index (κ3) is 3.27. The Hall–Kier alpha value is -0.990. The van der Waals surface area contributed by atoms with Crippen LogP contribution in [0.15, 0.2) is 11.6 Å². The highest BCUT2D eigenvalue weighted by Gasteiger charge is 2.86. The molecule has 7 nitrogen and oxygen atoms in total. The Morgan fingerprint density at radius 1 is 1.05 bits per heavy atom. The van der Waals surface area contributed by atoms with E-state index in [4.69, 9.17) is 23.7 Å². The monoisotopic (exact) mass is 516 g/mol. The van der Waals surface area contributed by atoms with E-state index in [1.165, 1.54) is 31.3 Å². The van der Waals surface area contributed by atoms with E-state index >= 15 is 0 Å². The summed E-state index contributed by atoms with van der Waals surface area (Å²) in [6, 6.07) is 0. The number of cyclic esters (lactones) is 1. The maximum atomic E-state index is 11.8. The van der Waals surface area contributed by atoms with Crippen LogP contribution in [0.3, 0.4) is 0 Å². The molecule has 12 atom stereocenters. The van der Waals surface area contributed by atoms with Crippen molar-refractivity contribution in [3.05, 3.63) is 11.6 Å². The van der Waals surface area contributed by atoms with Crippen LogP contribution in [-0.4, -0.2) is 66.7 Å². The summed E-state index contributed by atoms with van der Waals surface area (Å²) >= 11 is 0. The highest BCUT2D eigenvalue weighted by atomic mass is 16.7. The van der Waals surface area contributed by atoms with E-state index in [0.717, 1.165) is 32.1 Å². The van der Waals surface area contributed by atoms with Gasteiger partial charge in [-0.25, -0.2) is 4.79 Å². The summed E-state index contributed by atoms with van der Waals surface area (Å²) in [7, 11) is 1.65. The summed E-state index contributed by atoms with van der Waals surface area (Å²) in [5, 5.41) is 10.3. The number of methoxy groups -OCH3 is 1. The fourth-order valence-corrected chi connectivity index (χ4v) is 10.6. The van der Waals surface area contributed by atoms with Crippen molar-refractivity contribution >= 4 is 5.97 Å². The maximum absolute atomic E-state index is 11.8. The zero-order chi connectivity index (χ0) is 25.8. The SMILES string of the molecule is CO[C@@H]1C[C@@H](O[C@H]2CC[C@@]3(C)[C@H](CCC45OC46CC[C@H](C4=CC(=O)OC4)[C@@]6(C)CC[C@@H]53)C2)O[C@H](C)[C@@H]1O. The van der Waals surface area contributed by atoms with Crippen LogP contribution in [-0.2, 0) is 28.5 Å². The summed E-state index contributed by atoms with van der Waals surface area (Å²) in [5.74, 6) is 1.47. The van der Waals surface area contributed by atoms with Crippen molar-refractivity contribution in [1.82, 2.24) is 0 Å². The first-order valence-electron chi connectivity index (χ1n) is 14.7. The molecule has 1 N–H and O–H groups in total. The predicted octanol–water partition coefficient (Wildman–Crippen LogP) is 4.30. The number of hydrogen-bond acceptors (Lipinski definition) is 7. The van der Waals surface area contributed by atoms with Gasteiger partial charge in [-0.3, -0.25) is 0 Å². The molecule has 7 aliphatic rings. The van der Waals surface area contributed by atoms with Crippen LogP contribution in [0.5, 0.6) is 0 Å². The van der Waals surface area contributed by atoms with Gasteiger partial charge in [-0.2, -0.15) is 0 Å². The number of aliphatic hydroxyl groups is 1. The van der Waals surface area contributed by atoms with Crippen molar-refractivity contribution in [3.8, 4) is 0 Å². The Morgan fingerprint density at radius 3 is 2.65 bits per heavy atom. The summed E-state index contributed by atoms with van der Waals surface area (Å²) in [5.41, 5.74) is 1.57. The summed E-state index contributed by atoms with van der Waals surface area (Å²) in [6.07, 6.45) is 11.4. The number of aliphatic hydroxyl groups excluding tert-OH is 1. The molecular weight excluding hydrogens is 472 g/mol. The number of carbonyl (C=O) groups excluding carboxylic acids is 1. The Kier molecular flexibility index (Phi) is 5.58. The topological polar surface area (TPSA) is 86.8 Å². The number of epoxide rings is 1. The lowest BCUT2D eigenvalue weighted by Gasteiger charge is -2.58. The van der Waals surface area contributed by atoms with Crippen molar-refractivity contribution in [2.75, 3.05) is 13.7 Å². The van der Waals surface area contributed by atoms with Crippen molar-refractivity contribution in [2.24, 2.45) is 28.6 Å². The molecule has 7 heteroatoms.